The molecular formula is C15H10F4O4. The quantitative estimate of drug-likeness (QED) is 0.842. The van der Waals surface area contributed by atoms with Crippen LogP contribution in [0.25, 0.3) is 11.1 Å². The summed E-state index contributed by atoms with van der Waals surface area (Å²) in [6.07, 6.45) is -6.80. The zero-order valence-corrected chi connectivity index (χ0v) is 11.3. The predicted octanol–water partition coefficient (Wildman–Crippen LogP) is 3.51. The highest BCUT2D eigenvalue weighted by Crippen LogP contribution is 2.31. The summed E-state index contributed by atoms with van der Waals surface area (Å²) in [6.45, 7) is 0. The number of hydrogen-bond donors (Lipinski definition) is 2. The molecule has 0 spiro atoms. The van der Waals surface area contributed by atoms with Gasteiger partial charge in [-0.3, -0.25) is 0 Å². The fraction of sp³-hybridized carbons (Fsp3) is 0.133. The van der Waals surface area contributed by atoms with Crippen molar-refractivity contribution in [2.75, 3.05) is 0 Å². The van der Waals surface area contributed by atoms with Gasteiger partial charge in [0.1, 0.15) is 11.6 Å². The monoisotopic (exact) mass is 330 g/mol. The number of carboxylic acids is 1. The summed E-state index contributed by atoms with van der Waals surface area (Å²) in [7, 11) is 0. The lowest BCUT2D eigenvalue weighted by atomic mass is 9.96. The van der Waals surface area contributed by atoms with Crippen LogP contribution in [0.2, 0.25) is 0 Å². The normalized spacial score (nSPS) is 12.7. The van der Waals surface area contributed by atoms with Gasteiger partial charge in [0.2, 0.25) is 0 Å². The van der Waals surface area contributed by atoms with E-state index in [2.05, 4.69) is 4.74 Å². The molecule has 4 nitrogen and oxygen atoms in total. The smallest absolute Gasteiger partial charge is 0.479 e. The largest absolute Gasteiger partial charge is 0.573 e. The Balaban J connectivity index is 2.40. The Hall–Kier alpha value is -2.61. The number of carbonyl (C=O) groups is 1. The molecule has 1 atom stereocenters. The molecule has 0 saturated carbocycles. The topological polar surface area (TPSA) is 66.8 Å². The minimum absolute atomic E-state index is 0.180. The number of aliphatic carboxylic acids is 1. The van der Waals surface area contributed by atoms with E-state index in [9.17, 15) is 27.5 Å². The number of carboxylic acid groups (broad SMARTS) is 1. The second kappa shape index (κ2) is 6.25. The molecule has 0 aliphatic heterocycles. The van der Waals surface area contributed by atoms with Gasteiger partial charge < -0.3 is 14.9 Å². The Morgan fingerprint density at radius 2 is 1.70 bits per heavy atom. The number of alkyl halides is 3. The highest BCUT2D eigenvalue weighted by atomic mass is 19.4. The number of halogens is 4. The van der Waals surface area contributed by atoms with E-state index >= 15 is 0 Å². The number of benzene rings is 2. The fourth-order valence-electron chi connectivity index (χ4n) is 1.99. The average molecular weight is 330 g/mol. The molecule has 0 amide bonds. The molecule has 0 saturated heterocycles. The molecule has 2 rings (SSSR count). The van der Waals surface area contributed by atoms with Crippen LogP contribution in [0.15, 0.2) is 42.5 Å². The second-order valence-corrected chi connectivity index (χ2v) is 4.54. The number of ether oxygens (including phenoxy) is 1. The highest BCUT2D eigenvalue weighted by Gasteiger charge is 2.31. The van der Waals surface area contributed by atoms with Gasteiger partial charge in [0.25, 0.3) is 0 Å². The molecule has 2 aromatic rings. The first-order valence-corrected chi connectivity index (χ1v) is 6.24. The van der Waals surface area contributed by atoms with Crippen LogP contribution in [0.1, 0.15) is 11.7 Å². The molecule has 0 radical (unpaired) electrons. The van der Waals surface area contributed by atoms with E-state index < -0.39 is 30.0 Å². The van der Waals surface area contributed by atoms with Gasteiger partial charge in [-0.05, 0) is 35.4 Å². The summed E-state index contributed by atoms with van der Waals surface area (Å²) in [4.78, 5) is 10.9. The summed E-state index contributed by atoms with van der Waals surface area (Å²) in [5, 5.41) is 18.5. The van der Waals surface area contributed by atoms with E-state index in [1.54, 1.807) is 0 Å². The lowest BCUT2D eigenvalue weighted by Gasteiger charge is -2.14. The maximum absolute atomic E-state index is 13.3. The molecular weight excluding hydrogens is 320 g/mol. The van der Waals surface area contributed by atoms with Crippen molar-refractivity contribution in [3.05, 3.63) is 53.8 Å². The van der Waals surface area contributed by atoms with Crippen molar-refractivity contribution in [2.24, 2.45) is 0 Å². The number of hydrogen-bond acceptors (Lipinski definition) is 3. The van der Waals surface area contributed by atoms with Crippen LogP contribution in [-0.2, 0) is 4.79 Å². The van der Waals surface area contributed by atoms with Crippen molar-refractivity contribution in [1.82, 2.24) is 0 Å². The van der Waals surface area contributed by atoms with Crippen LogP contribution in [0.5, 0.6) is 5.75 Å². The first-order valence-electron chi connectivity index (χ1n) is 6.24. The van der Waals surface area contributed by atoms with E-state index in [0.29, 0.717) is 5.56 Å². The van der Waals surface area contributed by atoms with E-state index in [0.717, 1.165) is 24.3 Å². The van der Waals surface area contributed by atoms with Crippen LogP contribution in [0.3, 0.4) is 0 Å². The summed E-state index contributed by atoms with van der Waals surface area (Å²) in [5.74, 6) is -2.78. The zero-order chi connectivity index (χ0) is 17.2. The third-order valence-electron chi connectivity index (χ3n) is 2.94. The molecule has 1 unspecified atom stereocenters. The van der Waals surface area contributed by atoms with Crippen LogP contribution < -0.4 is 4.74 Å². The lowest BCUT2D eigenvalue weighted by molar-refractivity contribution is -0.274. The molecule has 2 aromatic carbocycles. The van der Waals surface area contributed by atoms with Crippen LogP contribution in [0, 0.1) is 5.82 Å². The average Bonchev–Trinajstić information content (AvgIpc) is 2.45. The number of rotatable bonds is 4. The predicted molar refractivity (Wildman–Crippen MR) is 71.1 cm³/mol. The summed E-state index contributed by atoms with van der Waals surface area (Å²) in [6, 6.07) is 7.68. The molecule has 0 heterocycles. The third-order valence-corrected chi connectivity index (χ3v) is 2.94. The van der Waals surface area contributed by atoms with Crippen molar-refractivity contribution < 1.29 is 37.3 Å². The van der Waals surface area contributed by atoms with E-state index in [4.69, 9.17) is 5.11 Å². The molecule has 122 valence electrons. The molecule has 0 aliphatic rings. The highest BCUT2D eigenvalue weighted by molar-refractivity contribution is 5.79. The molecule has 0 fully saturated rings. The molecule has 8 heteroatoms. The maximum atomic E-state index is 13.3. The van der Waals surface area contributed by atoms with E-state index in [1.165, 1.54) is 18.2 Å². The van der Waals surface area contributed by atoms with Crippen molar-refractivity contribution in [1.29, 1.82) is 0 Å². The van der Waals surface area contributed by atoms with Crippen LogP contribution in [-0.4, -0.2) is 22.5 Å². The van der Waals surface area contributed by atoms with Gasteiger partial charge in [-0.2, -0.15) is 0 Å². The molecule has 23 heavy (non-hydrogen) atoms. The van der Waals surface area contributed by atoms with Gasteiger partial charge >= 0.3 is 12.3 Å². The standard InChI is InChI=1S/C15H10F4O4/c16-9-3-6-11(12(7-9)13(20)14(21)22)8-1-4-10(5-2-8)23-15(17,18)19/h1-7,13,20H,(H,21,22). The summed E-state index contributed by atoms with van der Waals surface area (Å²) < 4.78 is 53.3. The summed E-state index contributed by atoms with van der Waals surface area (Å²) in [5.41, 5.74) is 0.275. The third kappa shape index (κ3) is 4.19. The zero-order valence-electron chi connectivity index (χ0n) is 11.3. The number of aliphatic hydroxyl groups excluding tert-OH is 1. The second-order valence-electron chi connectivity index (χ2n) is 4.54. The van der Waals surface area contributed by atoms with Crippen molar-refractivity contribution in [3.63, 3.8) is 0 Å². The first kappa shape index (κ1) is 16.8. The van der Waals surface area contributed by atoms with Gasteiger partial charge in [-0.1, -0.05) is 18.2 Å². The molecule has 2 N–H and O–H groups in total. The molecule has 0 aromatic heterocycles. The number of aliphatic hydroxyl groups is 1. The Kier molecular flexibility index (Phi) is 4.55. The van der Waals surface area contributed by atoms with Gasteiger partial charge in [-0.25, -0.2) is 9.18 Å². The van der Waals surface area contributed by atoms with Gasteiger partial charge in [0.05, 0.1) is 0 Å². The van der Waals surface area contributed by atoms with Gasteiger partial charge in [0, 0.05) is 5.56 Å². The Bertz CT molecular complexity index is 710. The van der Waals surface area contributed by atoms with Crippen LogP contribution in [0.4, 0.5) is 17.6 Å². The minimum atomic E-state index is -4.83. The first-order chi connectivity index (χ1) is 10.7. The lowest BCUT2D eigenvalue weighted by Crippen LogP contribution is -2.17. The van der Waals surface area contributed by atoms with Gasteiger partial charge in [0.15, 0.2) is 6.10 Å². The Morgan fingerprint density at radius 1 is 1.09 bits per heavy atom. The van der Waals surface area contributed by atoms with Crippen molar-refractivity contribution in [3.8, 4) is 16.9 Å². The molecule has 0 aliphatic carbocycles. The minimum Gasteiger partial charge on any atom is -0.479 e. The Morgan fingerprint density at radius 3 is 2.22 bits per heavy atom. The SMILES string of the molecule is O=C(O)C(O)c1cc(F)ccc1-c1ccc(OC(F)(F)F)cc1. The fourth-order valence-corrected chi connectivity index (χ4v) is 1.99. The summed E-state index contributed by atoms with van der Waals surface area (Å²) >= 11 is 0. The maximum Gasteiger partial charge on any atom is 0.573 e. The van der Waals surface area contributed by atoms with Crippen molar-refractivity contribution in [2.45, 2.75) is 12.5 Å². The Labute approximate surface area is 127 Å². The van der Waals surface area contributed by atoms with Crippen molar-refractivity contribution >= 4 is 5.97 Å². The van der Waals surface area contributed by atoms with Gasteiger partial charge in [-0.15, -0.1) is 13.2 Å². The van der Waals surface area contributed by atoms with Crippen LogP contribution >= 0.6 is 0 Å². The van der Waals surface area contributed by atoms with E-state index in [-0.39, 0.29) is 11.1 Å². The van der Waals surface area contributed by atoms with E-state index in [1.807, 2.05) is 0 Å². The molecule has 0 bridgehead atoms.